The molecule has 74 heavy (non-hydrogen) atoms. The first kappa shape index (κ1) is 56.0. The molecule has 408 valence electrons. The van der Waals surface area contributed by atoms with Gasteiger partial charge in [0.25, 0.3) is 16.7 Å². The number of hydrogen-bond acceptors (Lipinski definition) is 27. The second kappa shape index (κ2) is 21.7. The average molecular weight is 1150 g/mol. The van der Waals surface area contributed by atoms with Gasteiger partial charge in [-0.05, 0) is 11.8 Å². The van der Waals surface area contributed by atoms with Crippen LogP contribution in [0.15, 0.2) is 45.6 Å². The van der Waals surface area contributed by atoms with Gasteiger partial charge in [0, 0.05) is 32.4 Å². The smallest absolute Gasteiger partial charge is 0.387 e. The highest BCUT2D eigenvalue weighted by Crippen LogP contribution is 2.68. The van der Waals surface area contributed by atoms with E-state index < -0.39 is 140 Å². The van der Waals surface area contributed by atoms with Crippen LogP contribution in [0.5, 0.6) is 0 Å². The van der Waals surface area contributed by atoms with Crippen LogP contribution < -0.4 is 32.8 Å². The third-order valence-corrected chi connectivity index (χ3v) is 17.9. The van der Waals surface area contributed by atoms with Gasteiger partial charge in [0.1, 0.15) is 54.6 Å². The van der Waals surface area contributed by atoms with Gasteiger partial charge in [0.2, 0.25) is 18.5 Å². The number of rotatable bonds is 21. The Kier molecular flexibility index (Phi) is 16.4. The highest BCUT2D eigenvalue weighted by molar-refractivity contribution is 8.09. The minimum Gasteiger partial charge on any atom is -0.387 e. The number of imidazole rings is 2. The Bertz CT molecular complexity index is 3270. The first-order valence-electron chi connectivity index (χ1n) is 21.1. The van der Waals surface area contributed by atoms with Crippen molar-refractivity contribution in [1.29, 1.82) is 0 Å². The molecule has 0 bridgehead atoms. The summed E-state index contributed by atoms with van der Waals surface area (Å²) in [4.78, 5) is 100. The lowest BCUT2D eigenvalue weighted by molar-refractivity contribution is -0.646. The number of phosphoric acid groups is 3. The molecule has 8 heterocycles. The summed E-state index contributed by atoms with van der Waals surface area (Å²) in [5.41, 5.74) is 9.46. The molecule has 5 aromatic rings. The van der Waals surface area contributed by atoms with E-state index in [2.05, 4.69) is 33.5 Å². The van der Waals surface area contributed by atoms with Gasteiger partial charge in [0.15, 0.2) is 23.9 Å². The topological polar surface area (TPSA) is 499 Å². The predicted molar refractivity (Wildman–Crippen MR) is 244 cm³/mol. The molecule has 0 spiro atoms. The highest BCUT2D eigenvalue weighted by Gasteiger charge is 2.53. The molecule has 3 saturated heterocycles. The zero-order valence-corrected chi connectivity index (χ0v) is 42.5. The third kappa shape index (κ3) is 11.8. The number of aromatic amines is 2. The molecule has 4 unspecified atom stereocenters. The average Bonchev–Trinajstić information content (AvgIpc) is 4.10. The van der Waals surface area contributed by atoms with Crippen molar-refractivity contribution in [2.24, 2.45) is 13.0 Å². The molecule has 0 saturated carbocycles. The van der Waals surface area contributed by atoms with E-state index in [9.17, 15) is 63.0 Å². The van der Waals surface area contributed by atoms with Gasteiger partial charge in [-0.2, -0.15) is 9.55 Å². The van der Waals surface area contributed by atoms with Crippen LogP contribution in [-0.2, 0) is 83.0 Å². The molecule has 16 atom stereocenters. The first-order valence-corrected chi connectivity index (χ1v) is 28.2. The number of H-pyrrole nitrogens is 2. The quantitative estimate of drug-likeness (QED) is 0.0247. The molecule has 0 aromatic carbocycles. The van der Waals surface area contributed by atoms with Gasteiger partial charge >= 0.3 is 41.4 Å². The summed E-state index contributed by atoms with van der Waals surface area (Å²) in [7, 11) is -12.8. The van der Waals surface area contributed by atoms with Crippen molar-refractivity contribution >= 4 is 76.1 Å². The first-order chi connectivity index (χ1) is 34.7. The van der Waals surface area contributed by atoms with Crippen LogP contribution in [0.2, 0.25) is 0 Å². The number of methoxy groups -OCH3 is 2. The van der Waals surface area contributed by atoms with Crippen LogP contribution in [0.3, 0.4) is 0 Å². The summed E-state index contributed by atoms with van der Waals surface area (Å²) < 4.78 is 103. The van der Waals surface area contributed by atoms with E-state index in [0.717, 1.165) is 30.3 Å². The summed E-state index contributed by atoms with van der Waals surface area (Å²) in [6.07, 6.45) is -12.8. The van der Waals surface area contributed by atoms with E-state index in [1.165, 1.54) is 40.5 Å². The van der Waals surface area contributed by atoms with Crippen molar-refractivity contribution in [2.75, 3.05) is 52.1 Å². The Labute approximate surface area is 417 Å². The van der Waals surface area contributed by atoms with Crippen LogP contribution in [0.4, 0.5) is 11.8 Å². The fourth-order valence-corrected chi connectivity index (χ4v) is 14.3. The normalized spacial score (nSPS) is 30.6. The van der Waals surface area contributed by atoms with E-state index in [0.29, 0.717) is 0 Å². The Hall–Kier alpha value is -4.20. The number of aryl methyl sites for hydroxylation is 1. The summed E-state index contributed by atoms with van der Waals surface area (Å²) in [6.45, 7) is -8.58. The summed E-state index contributed by atoms with van der Waals surface area (Å²) in [5, 5.41) is 32.6. The molecule has 3 aliphatic rings. The lowest BCUT2D eigenvalue weighted by Crippen LogP contribution is -2.38. The molecule has 41 heteroatoms. The van der Waals surface area contributed by atoms with E-state index in [1.54, 1.807) is 0 Å². The van der Waals surface area contributed by atoms with Crippen LogP contribution in [0.1, 0.15) is 18.7 Å². The zero-order chi connectivity index (χ0) is 53.8. The van der Waals surface area contributed by atoms with Gasteiger partial charge in [-0.3, -0.25) is 46.8 Å². The maximum absolute atomic E-state index is 13.6. The minimum absolute atomic E-state index is 0.00601. The lowest BCUT2D eigenvalue weighted by Gasteiger charge is -2.26. The van der Waals surface area contributed by atoms with Crippen molar-refractivity contribution in [3.63, 3.8) is 0 Å². The monoisotopic (exact) mass is 1150 g/mol. The molecule has 36 nitrogen and oxygen atoms in total. The molecular formula is C33H47N12O24P4S+. The lowest BCUT2D eigenvalue weighted by atomic mass is 9.99. The van der Waals surface area contributed by atoms with E-state index in [1.807, 2.05) is 4.98 Å². The second-order valence-electron chi connectivity index (χ2n) is 16.3. The van der Waals surface area contributed by atoms with Gasteiger partial charge in [-0.1, -0.05) is 0 Å². The number of fused-ring (bicyclic) bond motifs is 2. The molecule has 13 N–H and O–H groups in total. The summed E-state index contributed by atoms with van der Waals surface area (Å²) in [6, 6.07) is 0.936. The maximum atomic E-state index is 13.6. The van der Waals surface area contributed by atoms with Crippen molar-refractivity contribution in [1.82, 2.24) is 43.6 Å². The van der Waals surface area contributed by atoms with Gasteiger partial charge in [-0.25, -0.2) is 46.6 Å². The second-order valence-corrected chi connectivity index (χ2v) is 23.8. The number of anilines is 2. The highest BCUT2D eigenvalue weighted by atomic mass is 32.5. The number of aliphatic hydroxyl groups excluding tert-OH is 3. The molecule has 3 aliphatic heterocycles. The standard InChI is InChI=1S/C33H46N12O24P4S/c1-42-12-45(27-19(42)28(50)41-32(35)40-27)29-20(47)13(6-59-2)14(64-29)7-62-71(54,55)68-73(58,74)69-72(56,57)63-9-16-23(24(60-3)31(66-16)44-11-38-18-25(34)36-10-37-26(18)44)67-70(52,53)61-8-15-21(48)22(49)30(65-15)43-5-4-17(46)39-33(43)51/h4-5,10-16,20-24,29-31,47-49H,6-9H2,1-3H3,(H9-,34,35,36,37,39,40,41,46,50,51,52,53,54,55,56,57,58,74)/p+1/t13-,14-,15-,16-,20-,21-,22-,23-,24-,29-,30-,31-,73?/m1/s1. The molecule has 0 aliphatic carbocycles. The van der Waals surface area contributed by atoms with Crippen molar-refractivity contribution in [3.8, 4) is 0 Å². The number of nitrogens with two attached hydrogens (primary N) is 2. The number of nitrogens with zero attached hydrogens (tertiary/aromatic N) is 8. The number of nitrogens with one attached hydrogen (secondary N) is 2. The van der Waals surface area contributed by atoms with E-state index >= 15 is 0 Å². The summed E-state index contributed by atoms with van der Waals surface area (Å²) in [5.74, 6) is -1.30. The number of nitrogen functional groups attached to an aromatic ring is 2. The van der Waals surface area contributed by atoms with Crippen molar-refractivity contribution in [2.45, 2.75) is 67.5 Å². The van der Waals surface area contributed by atoms with Gasteiger partial charge in [-0.15, -0.1) is 0 Å². The molecule has 0 radical (unpaired) electrons. The Morgan fingerprint density at radius 1 is 0.757 bits per heavy atom. The Morgan fingerprint density at radius 2 is 1.38 bits per heavy atom. The summed E-state index contributed by atoms with van der Waals surface area (Å²) >= 11 is 4.75. The van der Waals surface area contributed by atoms with Crippen LogP contribution in [0, 0.1) is 5.92 Å². The van der Waals surface area contributed by atoms with Crippen LogP contribution >= 0.6 is 30.2 Å². The largest absolute Gasteiger partial charge is 0.479 e. The Balaban J connectivity index is 0.939. The maximum Gasteiger partial charge on any atom is 0.479 e. The SMILES string of the molecule is COC[C@H]1[C@@H](O)[C@H](n2c[n+](C)c3c(=O)[nH]c(N)nc32)O[C@@H]1COP(=O)(O)OP(O)(=S)OP(=O)(O)OC[C@H]1O[C@@H](n2cnc3c(N)ncnc32)[C@H](OC)[C@@H]1OP(=O)(O)OC[C@H]1O[C@@H](n2ccc(=O)[nH]c2=O)[C@H](O)[C@@H]1O. The van der Waals surface area contributed by atoms with Crippen LogP contribution in [-0.4, -0.2) is 168 Å². The number of hydrogen-bond donors (Lipinski definition) is 11. The number of ether oxygens (including phenoxy) is 5. The fraction of sp³-hybridized carbons (Fsp3) is 0.576. The predicted octanol–water partition coefficient (Wildman–Crippen LogP) is -3.86. The zero-order valence-electron chi connectivity index (χ0n) is 38.1. The van der Waals surface area contributed by atoms with E-state index in [4.69, 9.17) is 65.1 Å². The van der Waals surface area contributed by atoms with Crippen molar-refractivity contribution in [3.05, 3.63) is 62.4 Å². The Morgan fingerprint density at radius 3 is 2.04 bits per heavy atom. The molecule has 3 fully saturated rings. The van der Waals surface area contributed by atoms with Gasteiger partial charge < -0.3 is 70.0 Å². The molecular weight excluding hydrogens is 1100 g/mol. The van der Waals surface area contributed by atoms with Crippen LogP contribution in [0.25, 0.3) is 22.3 Å². The molecule has 5 aromatic heterocycles. The molecule has 8 rings (SSSR count). The number of aliphatic hydroxyl groups is 3. The van der Waals surface area contributed by atoms with Crippen molar-refractivity contribution < 1.29 is 104 Å². The molecule has 0 amide bonds. The number of aromatic nitrogens is 10. The van der Waals surface area contributed by atoms with E-state index in [-0.39, 0.29) is 40.7 Å². The fourth-order valence-electron chi connectivity index (χ4n) is 8.27. The number of phosphoric ester groups is 3. The minimum atomic E-state index is -5.74. The third-order valence-electron chi connectivity index (χ3n) is 11.5. The van der Waals surface area contributed by atoms with Gasteiger partial charge in [0.05, 0.1) is 45.9 Å².